The summed E-state index contributed by atoms with van der Waals surface area (Å²) >= 11 is 14.2. The van der Waals surface area contributed by atoms with Crippen LogP contribution in [0.15, 0.2) is 0 Å². The van der Waals surface area contributed by atoms with Gasteiger partial charge in [0.2, 0.25) is 7.37 Å². The summed E-state index contributed by atoms with van der Waals surface area (Å²) in [5, 5.41) is 0. The van der Waals surface area contributed by atoms with Gasteiger partial charge in [0.1, 0.15) is 10.9 Å². The highest BCUT2D eigenvalue weighted by atomic mass is 32.9. The van der Waals surface area contributed by atoms with Gasteiger partial charge in [0.15, 0.2) is 0 Å². The zero-order valence-electron chi connectivity index (χ0n) is 9.85. The van der Waals surface area contributed by atoms with Crippen molar-refractivity contribution in [3.63, 3.8) is 0 Å². The molecule has 0 bridgehead atoms. The van der Waals surface area contributed by atoms with Crippen LogP contribution in [-0.2, 0) is 41.8 Å². The molecule has 2 aliphatic heterocycles. The Morgan fingerprint density at radius 2 is 1.61 bits per heavy atom. The fourth-order valence-corrected chi connectivity index (χ4v) is 23.9. The third-order valence-electron chi connectivity index (χ3n) is 2.43. The molecule has 2 heterocycles. The summed E-state index contributed by atoms with van der Waals surface area (Å²) in [6.07, 6.45) is 0. The molecule has 0 N–H and O–H groups in total. The van der Waals surface area contributed by atoms with E-state index in [0.717, 1.165) is 11.5 Å². The maximum Gasteiger partial charge on any atom is 0.218 e. The Balaban J connectivity index is 2.08. The summed E-state index contributed by atoms with van der Waals surface area (Å²) in [4.78, 5) is 0. The van der Waals surface area contributed by atoms with Crippen LogP contribution in [0.2, 0.25) is 0 Å². The molecule has 0 aliphatic carbocycles. The maximum atomic E-state index is 12.8. The topological polar surface area (TPSA) is 44.8 Å². The monoisotopic (exact) mass is 384 g/mol. The van der Waals surface area contributed by atoms with Gasteiger partial charge in [-0.3, -0.25) is 4.57 Å². The molecular formula is C7H15O4P3S4. The summed E-state index contributed by atoms with van der Waals surface area (Å²) in [6, 6.07) is 0. The first-order valence-electron chi connectivity index (χ1n) is 5.29. The quantitative estimate of drug-likeness (QED) is 0.660. The van der Waals surface area contributed by atoms with Crippen LogP contribution >= 0.6 is 41.1 Å². The van der Waals surface area contributed by atoms with E-state index in [1.165, 1.54) is 7.11 Å². The van der Waals surface area contributed by atoms with Crippen LogP contribution < -0.4 is 0 Å². The average Bonchev–Trinajstić information content (AvgIpc) is 2.88. The average molecular weight is 384 g/mol. The first kappa shape index (κ1) is 16.5. The zero-order chi connectivity index (χ0) is 13.3. The Hall–Kier alpha value is 2.11. The first-order chi connectivity index (χ1) is 8.39. The van der Waals surface area contributed by atoms with Gasteiger partial charge in [-0.05, 0) is 0 Å². The Bertz CT molecular complexity index is 400. The second-order valence-corrected chi connectivity index (χ2v) is 22.4. The molecule has 11 heteroatoms. The minimum Gasteiger partial charge on any atom is -0.340 e. The molecule has 2 aliphatic rings. The number of rotatable bonds is 5. The van der Waals surface area contributed by atoms with Crippen LogP contribution in [0.5, 0.6) is 0 Å². The van der Waals surface area contributed by atoms with Crippen LogP contribution in [0.1, 0.15) is 0 Å². The van der Waals surface area contributed by atoms with Crippen LogP contribution in [0.3, 0.4) is 0 Å². The second kappa shape index (κ2) is 6.48. The lowest BCUT2D eigenvalue weighted by Gasteiger charge is -2.24. The molecule has 0 radical (unpaired) electrons. The highest BCUT2D eigenvalue weighted by molar-refractivity contribution is 8.71. The molecule has 0 saturated carbocycles. The highest BCUT2D eigenvalue weighted by Gasteiger charge is 2.40. The molecule has 0 aromatic rings. The van der Waals surface area contributed by atoms with Gasteiger partial charge in [-0.1, -0.05) is 46.4 Å². The fourth-order valence-electron chi connectivity index (χ4n) is 1.63. The van der Waals surface area contributed by atoms with Crippen molar-refractivity contribution in [2.24, 2.45) is 0 Å². The van der Waals surface area contributed by atoms with E-state index < -0.39 is 18.3 Å². The molecule has 2 saturated heterocycles. The van der Waals surface area contributed by atoms with Crippen molar-refractivity contribution in [2.45, 2.75) is 0 Å². The molecule has 4 nitrogen and oxygen atoms in total. The Labute approximate surface area is 126 Å². The Morgan fingerprint density at radius 3 is 1.89 bits per heavy atom. The van der Waals surface area contributed by atoms with Crippen LogP contribution in [0.4, 0.5) is 0 Å². The van der Waals surface area contributed by atoms with E-state index >= 15 is 0 Å². The molecular weight excluding hydrogens is 369 g/mol. The van der Waals surface area contributed by atoms with Gasteiger partial charge in [0, 0.05) is 18.6 Å². The van der Waals surface area contributed by atoms with Gasteiger partial charge >= 0.3 is 0 Å². The van der Waals surface area contributed by atoms with Gasteiger partial charge in [-0.2, -0.15) is 0 Å². The van der Waals surface area contributed by atoms with Gasteiger partial charge in [-0.15, -0.1) is 0 Å². The van der Waals surface area contributed by atoms with E-state index in [9.17, 15) is 4.57 Å². The van der Waals surface area contributed by atoms with Crippen molar-refractivity contribution in [2.75, 3.05) is 43.6 Å². The van der Waals surface area contributed by atoms with Crippen LogP contribution in [0, 0.1) is 0 Å². The lowest BCUT2D eigenvalue weighted by Crippen LogP contribution is -1.98. The Kier molecular flexibility index (Phi) is 5.93. The number of hydrogen-bond acceptors (Lipinski definition) is 8. The molecule has 2 rings (SSSR count). The lowest BCUT2D eigenvalue weighted by molar-refractivity contribution is 0.384. The van der Waals surface area contributed by atoms with Gasteiger partial charge in [0.25, 0.3) is 0 Å². The largest absolute Gasteiger partial charge is 0.340 e. The van der Waals surface area contributed by atoms with Crippen molar-refractivity contribution >= 4 is 64.7 Å². The van der Waals surface area contributed by atoms with E-state index in [1.807, 2.05) is 0 Å². The van der Waals surface area contributed by atoms with E-state index in [0.29, 0.717) is 25.0 Å². The van der Waals surface area contributed by atoms with Crippen molar-refractivity contribution in [1.82, 2.24) is 0 Å². The van der Waals surface area contributed by atoms with Crippen molar-refractivity contribution < 1.29 is 18.1 Å². The second-order valence-electron chi connectivity index (χ2n) is 3.83. The summed E-state index contributed by atoms with van der Waals surface area (Å²) in [5.41, 5.74) is -4.05. The molecule has 2 unspecified atom stereocenters. The smallest absolute Gasteiger partial charge is 0.218 e. The summed E-state index contributed by atoms with van der Waals surface area (Å²) in [5.74, 6) is 2.47. The van der Waals surface area contributed by atoms with Crippen LogP contribution in [0.25, 0.3) is 0 Å². The summed E-state index contributed by atoms with van der Waals surface area (Å²) < 4.78 is 29.3. The van der Waals surface area contributed by atoms with Gasteiger partial charge in [0.05, 0.1) is 25.0 Å². The van der Waals surface area contributed by atoms with E-state index in [4.69, 9.17) is 37.2 Å². The standard InChI is InChI=1S/C7H15O4P3S4/c1-9-12(8,6-13(15)10-2-4-17-13)7-14(16)11-3-5-18-14/h2-7H2,1H3. The normalized spacial score (nSPS) is 39.8. The van der Waals surface area contributed by atoms with E-state index in [-0.39, 0.29) is 0 Å². The predicted molar refractivity (Wildman–Crippen MR) is 89.7 cm³/mol. The number of hydrogen-bond donors (Lipinski definition) is 0. The Morgan fingerprint density at radius 1 is 1.17 bits per heavy atom. The molecule has 0 spiro atoms. The minimum atomic E-state index is -2.83. The van der Waals surface area contributed by atoms with E-state index in [1.54, 1.807) is 22.8 Å². The minimum absolute atomic E-state index is 0.346. The summed E-state index contributed by atoms with van der Waals surface area (Å²) in [6.45, 7) is 1.32. The molecule has 0 aromatic carbocycles. The fraction of sp³-hybridized carbons (Fsp3) is 1.00. The van der Waals surface area contributed by atoms with Crippen molar-refractivity contribution in [3.05, 3.63) is 0 Å². The molecule has 2 atom stereocenters. The third kappa shape index (κ3) is 4.30. The first-order valence-corrected chi connectivity index (χ1v) is 16.3. The SMILES string of the molecule is COP(=O)(CP1(=S)OCCS1)CP1(=S)OCCS1. The molecule has 106 valence electrons. The molecule has 18 heavy (non-hydrogen) atoms. The van der Waals surface area contributed by atoms with Crippen molar-refractivity contribution in [1.29, 1.82) is 0 Å². The lowest BCUT2D eigenvalue weighted by atomic mass is 10.9. The zero-order valence-corrected chi connectivity index (χ0v) is 15.8. The van der Waals surface area contributed by atoms with Gasteiger partial charge < -0.3 is 13.6 Å². The van der Waals surface area contributed by atoms with Crippen molar-refractivity contribution in [3.8, 4) is 0 Å². The van der Waals surface area contributed by atoms with Gasteiger partial charge in [-0.25, -0.2) is 0 Å². The predicted octanol–water partition coefficient (Wildman–Crippen LogP) is 3.97. The highest BCUT2D eigenvalue weighted by Crippen LogP contribution is 2.78. The summed E-state index contributed by atoms with van der Waals surface area (Å²) in [7, 11) is -1.35. The molecule has 0 amide bonds. The molecule has 0 aromatic heterocycles. The van der Waals surface area contributed by atoms with Crippen LogP contribution in [-0.4, -0.2) is 43.6 Å². The molecule has 2 fully saturated rings. The maximum absolute atomic E-state index is 12.8. The van der Waals surface area contributed by atoms with E-state index in [2.05, 4.69) is 0 Å². The third-order valence-corrected chi connectivity index (χ3v) is 22.7.